The average Bonchev–Trinajstić information content (AvgIpc) is 3.29. The monoisotopic (exact) mass is 1260 g/mol. The average molecular weight is 1260 g/mol. The molecule has 0 saturated heterocycles. The number of hydrogen-bond acceptors (Lipinski definition) is 21. The molecule has 4 unspecified atom stereocenters. The van der Waals surface area contributed by atoms with E-state index in [-0.39, 0.29) is 87.7 Å². The third-order valence-electron chi connectivity index (χ3n) is 7.27. The molecule has 0 saturated carbocycles. The van der Waals surface area contributed by atoms with Gasteiger partial charge in [0.2, 0.25) is 26.3 Å². The fourth-order valence-corrected chi connectivity index (χ4v) is 21.1. The van der Waals surface area contributed by atoms with E-state index in [0.29, 0.717) is 43.0 Å². The number of benzene rings is 3. The topological polar surface area (TPSA) is 107 Å². The highest BCUT2D eigenvalue weighted by molar-refractivity contribution is 8.66. The van der Waals surface area contributed by atoms with Crippen LogP contribution in [0.2, 0.25) is 0 Å². The van der Waals surface area contributed by atoms with Crippen molar-refractivity contribution in [3.8, 4) is 0 Å². The van der Waals surface area contributed by atoms with Gasteiger partial charge < -0.3 is 28.4 Å². The molecular formula is C48H63O9P3S12. The molecule has 3 rings (SSSR count). The van der Waals surface area contributed by atoms with Crippen molar-refractivity contribution in [2.75, 3.05) is 0 Å². The molecule has 0 aromatic heterocycles. The molecule has 0 amide bonds. The maximum Gasteiger partial charge on any atom is 0.224 e. The van der Waals surface area contributed by atoms with Crippen molar-refractivity contribution in [3.63, 3.8) is 0 Å². The summed E-state index contributed by atoms with van der Waals surface area (Å²) in [6.45, 7) is 22.9. The Balaban J connectivity index is 0.000000540. The summed E-state index contributed by atoms with van der Waals surface area (Å²) in [5, 5.41) is -0.167. The lowest BCUT2D eigenvalue weighted by Gasteiger charge is -2.18. The predicted molar refractivity (Wildman–Crippen MR) is 347 cm³/mol. The largest absolute Gasteiger partial charge is 0.476 e. The van der Waals surface area contributed by atoms with Crippen molar-refractivity contribution in [1.82, 2.24) is 0 Å². The molecule has 24 heteroatoms. The maximum atomic E-state index is 12.8. The van der Waals surface area contributed by atoms with Gasteiger partial charge in [-0.3, -0.25) is 14.4 Å². The number of thiocarbonyl (C=S) groups is 6. The summed E-state index contributed by atoms with van der Waals surface area (Å²) in [5.41, 5.74) is 1.98. The molecule has 0 N–H and O–H groups in total. The third kappa shape index (κ3) is 33.5. The quantitative estimate of drug-likeness (QED) is 0.0437. The van der Waals surface area contributed by atoms with Gasteiger partial charge in [-0.15, -0.1) is 0 Å². The highest BCUT2D eigenvalue weighted by atomic mass is 32.7. The van der Waals surface area contributed by atoms with Gasteiger partial charge in [0.05, 0.1) is 42.0 Å². The van der Waals surface area contributed by atoms with E-state index in [2.05, 4.69) is 0 Å². The summed E-state index contributed by atoms with van der Waals surface area (Å²) in [4.78, 5) is 38.0. The molecule has 0 aliphatic carbocycles. The SMILES string of the molecule is CC(C)OC(=S)SC(SC(=S)OC(C)C)C(=O)c1ccccc1.CC(C)OC(=S)SPC(PSC(=S)OC(C)C)C(=O)c1ccccc1.CC(C)OC(=S)SPC(SC(=S)OC(C)C)C(=O)c1ccccc1. The number of carbonyl (C=O) groups excluding carboxylic acids is 3. The molecule has 0 heterocycles. The minimum absolute atomic E-state index is 0.0150. The van der Waals surface area contributed by atoms with E-state index in [1.165, 1.54) is 69.4 Å². The van der Waals surface area contributed by atoms with Gasteiger partial charge in [0, 0.05) is 16.7 Å². The van der Waals surface area contributed by atoms with Crippen LogP contribution < -0.4 is 0 Å². The molecule has 3 aromatic rings. The van der Waals surface area contributed by atoms with Crippen molar-refractivity contribution < 1.29 is 42.8 Å². The lowest BCUT2D eigenvalue weighted by molar-refractivity contribution is 0.100. The van der Waals surface area contributed by atoms with Crippen molar-refractivity contribution in [2.24, 2.45) is 0 Å². The van der Waals surface area contributed by atoms with E-state index in [1.54, 1.807) is 24.3 Å². The van der Waals surface area contributed by atoms with Crippen molar-refractivity contribution >= 4 is 210 Å². The fraction of sp³-hybridized carbons (Fsp3) is 0.438. The molecule has 396 valence electrons. The van der Waals surface area contributed by atoms with E-state index in [9.17, 15) is 14.4 Å². The molecule has 72 heavy (non-hydrogen) atoms. The second-order valence-electron chi connectivity index (χ2n) is 15.8. The van der Waals surface area contributed by atoms with Gasteiger partial charge in [-0.1, -0.05) is 160 Å². The summed E-state index contributed by atoms with van der Waals surface area (Å²) in [6.07, 6.45) is 0.0152. The second kappa shape index (κ2) is 39.7. The number of Topliss-reactive ketones (excluding diaryl/α,β-unsaturated/α-hetero) is 3. The van der Waals surface area contributed by atoms with Gasteiger partial charge in [-0.25, -0.2) is 0 Å². The van der Waals surface area contributed by atoms with Crippen LogP contribution in [0.1, 0.15) is 114 Å². The Bertz CT molecular complexity index is 2120. The summed E-state index contributed by atoms with van der Waals surface area (Å²) in [6, 6.07) is 27.6. The Labute approximate surface area is 490 Å². The molecule has 9 nitrogen and oxygen atoms in total. The number of rotatable bonds is 21. The van der Waals surface area contributed by atoms with E-state index >= 15 is 0 Å². The van der Waals surface area contributed by atoms with Gasteiger partial charge in [0.25, 0.3) is 0 Å². The first kappa shape index (κ1) is 69.4. The maximum absolute atomic E-state index is 12.8. The molecule has 4 atom stereocenters. The van der Waals surface area contributed by atoms with Gasteiger partial charge in [-0.05, 0) is 180 Å². The van der Waals surface area contributed by atoms with Crippen molar-refractivity contribution in [3.05, 3.63) is 108 Å². The smallest absolute Gasteiger partial charge is 0.224 e. The molecule has 0 spiro atoms. The van der Waals surface area contributed by atoms with Crippen LogP contribution in [0.4, 0.5) is 0 Å². The molecule has 0 bridgehead atoms. The second-order valence-corrected chi connectivity index (χ2v) is 32.3. The van der Waals surface area contributed by atoms with E-state index < -0.39 is 4.58 Å². The van der Waals surface area contributed by atoms with Crippen LogP contribution in [0.15, 0.2) is 91.0 Å². The Morgan fingerprint density at radius 1 is 0.361 bits per heavy atom. The first-order valence-corrected chi connectivity index (χ1v) is 35.1. The number of hydrogen-bond donors (Lipinski definition) is 0. The molecule has 3 aromatic carbocycles. The van der Waals surface area contributed by atoms with Crippen LogP contribution >= 0.6 is 166 Å². The zero-order valence-electron chi connectivity index (χ0n) is 41.9. The fourth-order valence-electron chi connectivity index (χ4n) is 4.55. The Hall–Kier alpha value is -0.600. The van der Waals surface area contributed by atoms with Gasteiger partial charge in [-0.2, -0.15) is 0 Å². The Kier molecular flexibility index (Phi) is 38.3. The highest BCUT2D eigenvalue weighted by Gasteiger charge is 2.28. The normalized spacial score (nSPS) is 12.2. The molecule has 0 fully saturated rings. The third-order valence-corrected chi connectivity index (χ3v) is 24.3. The van der Waals surface area contributed by atoms with E-state index in [0.717, 1.165) is 0 Å². The zero-order valence-corrected chi connectivity index (χ0v) is 54.7. The summed E-state index contributed by atoms with van der Waals surface area (Å²) in [5.74, 6) is 0.0652. The first-order valence-electron chi connectivity index (χ1n) is 22.2. The molecular weight excluding hydrogens is 1200 g/mol. The van der Waals surface area contributed by atoms with Gasteiger partial charge in [0.15, 0.2) is 17.3 Å². The minimum Gasteiger partial charge on any atom is -0.476 e. The molecule has 0 aliphatic rings. The van der Waals surface area contributed by atoms with E-state index in [1.807, 2.05) is 150 Å². The number of ketones is 3. The van der Waals surface area contributed by atoms with Crippen LogP contribution in [-0.4, -0.2) is 95.2 Å². The standard InChI is InChI=1S/C16H22O3P2S4.C16H21O3PS4.C16H20O3S4/c1-10(2)18-15(22)24-20-14(21-25-16(23)19-11(3)4)13(17)12-8-6-5-7-9-12;1-10(2)18-15(21)23-14(20-24-16(22)19-11(3)4)13(17)12-8-6-5-7-9-12;1-10(2)18-15(20)22-14(23-16(21)19-11(3)4)13(17)12-8-6-5-7-9-12/h5-11,14,20-21H,1-4H3;5-11,14,20H,1-4H3;5-11,14H,1-4H3. The number of ether oxygens (including phenoxy) is 6. The summed E-state index contributed by atoms with van der Waals surface area (Å²) >= 11 is 39.2. The predicted octanol–water partition coefficient (Wildman–Crippen LogP) is 17.0. The van der Waals surface area contributed by atoms with Crippen molar-refractivity contribution in [2.45, 2.75) is 135 Å². The molecule has 0 radical (unpaired) electrons. The number of carbonyl (C=O) groups is 3. The number of thioether (sulfide) groups is 3. The Morgan fingerprint density at radius 2 is 0.625 bits per heavy atom. The summed E-state index contributed by atoms with van der Waals surface area (Å²) in [7, 11) is 0.758. The van der Waals surface area contributed by atoms with Crippen LogP contribution in [0.5, 0.6) is 0 Å². The molecule has 0 aliphatic heterocycles. The van der Waals surface area contributed by atoms with Gasteiger partial charge >= 0.3 is 0 Å². The zero-order chi connectivity index (χ0) is 54.3. The lowest BCUT2D eigenvalue weighted by Crippen LogP contribution is -2.20. The summed E-state index contributed by atoms with van der Waals surface area (Å²) < 4.78 is 34.8. The first-order chi connectivity index (χ1) is 33.9. The van der Waals surface area contributed by atoms with E-state index in [4.69, 9.17) is 102 Å². The highest BCUT2D eigenvalue weighted by Crippen LogP contribution is 2.52. The van der Waals surface area contributed by atoms with Crippen LogP contribution in [-0.2, 0) is 28.4 Å². The van der Waals surface area contributed by atoms with Gasteiger partial charge in [0.1, 0.15) is 9.57 Å². The Morgan fingerprint density at radius 3 is 0.944 bits per heavy atom. The van der Waals surface area contributed by atoms with Crippen LogP contribution in [0, 0.1) is 0 Å². The minimum atomic E-state index is -0.533. The lowest BCUT2D eigenvalue weighted by atomic mass is 10.1. The van der Waals surface area contributed by atoms with Crippen LogP contribution in [0.3, 0.4) is 0 Å². The van der Waals surface area contributed by atoms with Crippen LogP contribution in [0.25, 0.3) is 0 Å². The van der Waals surface area contributed by atoms with Crippen molar-refractivity contribution in [1.29, 1.82) is 0 Å².